The number of nitrogens with one attached hydrogen (secondary N) is 1. The Balaban J connectivity index is 2.13. The smallest absolute Gasteiger partial charge is 0.233 e. The van der Waals surface area contributed by atoms with E-state index >= 15 is 0 Å². The van der Waals surface area contributed by atoms with Crippen LogP contribution in [0.1, 0.15) is 12.7 Å². The average molecular weight is 305 g/mol. The number of para-hydroxylation sites is 1. The molecule has 21 heavy (non-hydrogen) atoms. The molecule has 0 aliphatic heterocycles. The Morgan fingerprint density at radius 1 is 1.38 bits per heavy atom. The van der Waals surface area contributed by atoms with Crippen molar-refractivity contribution in [3.05, 3.63) is 30.1 Å². The molecule has 2 aromatic rings. The number of carbonyl (C=O) groups excluding carboxylic acids is 1. The molecule has 1 amide bonds. The maximum Gasteiger partial charge on any atom is 0.233 e. The summed E-state index contributed by atoms with van der Waals surface area (Å²) in [5.41, 5.74) is 0.902. The molecule has 1 atom stereocenters. The van der Waals surface area contributed by atoms with Crippen LogP contribution in [0, 0.1) is 6.92 Å². The zero-order valence-corrected chi connectivity index (χ0v) is 13.2. The Kier molecular flexibility index (Phi) is 5.52. The van der Waals surface area contributed by atoms with Gasteiger partial charge in [0.25, 0.3) is 0 Å². The number of amides is 1. The molecule has 0 saturated heterocycles. The van der Waals surface area contributed by atoms with Crippen LogP contribution in [0.3, 0.4) is 0 Å². The maximum atomic E-state index is 12.0. The van der Waals surface area contributed by atoms with Gasteiger partial charge in [-0.05, 0) is 19.9 Å². The summed E-state index contributed by atoms with van der Waals surface area (Å²) in [6.45, 7) is 4.77. The van der Waals surface area contributed by atoms with Gasteiger partial charge in [0.2, 0.25) is 5.91 Å². The maximum absolute atomic E-state index is 12.0. The van der Waals surface area contributed by atoms with Crippen LogP contribution in [-0.4, -0.2) is 41.4 Å². The van der Waals surface area contributed by atoms with Crippen LogP contribution in [0.4, 0.5) is 0 Å². The van der Waals surface area contributed by atoms with Crippen molar-refractivity contribution in [2.45, 2.75) is 24.1 Å². The molecule has 0 unspecified atom stereocenters. The lowest BCUT2D eigenvalue weighted by Crippen LogP contribution is -2.33. The van der Waals surface area contributed by atoms with Crippen LogP contribution in [0.2, 0.25) is 0 Å². The molecule has 5 nitrogen and oxygen atoms in total. The molecule has 0 saturated carbocycles. The summed E-state index contributed by atoms with van der Waals surface area (Å²) in [5, 5.41) is 4.43. The van der Waals surface area contributed by atoms with Gasteiger partial charge < -0.3 is 10.1 Å². The molecule has 0 fully saturated rings. The third kappa shape index (κ3) is 4.15. The van der Waals surface area contributed by atoms with Gasteiger partial charge in [-0.25, -0.2) is 9.97 Å². The van der Waals surface area contributed by atoms with E-state index in [0.717, 1.165) is 15.9 Å². The third-order valence-corrected chi connectivity index (χ3v) is 4.05. The number of aromatic nitrogens is 2. The Bertz CT molecular complexity index is 633. The quantitative estimate of drug-likeness (QED) is 0.503. The number of hydrogen-bond donors (Lipinski definition) is 1. The Hall–Kier alpha value is -1.66. The van der Waals surface area contributed by atoms with Gasteiger partial charge in [0.1, 0.15) is 10.9 Å². The summed E-state index contributed by atoms with van der Waals surface area (Å²) in [4.78, 5) is 20.9. The number of nitrogens with zero attached hydrogens (tertiary/aromatic N) is 2. The molecule has 6 heteroatoms. The molecule has 1 N–H and O–H groups in total. The summed E-state index contributed by atoms with van der Waals surface area (Å²) in [6, 6.07) is 7.84. The number of ether oxygens (including phenoxy) is 1. The predicted octanol–water partition coefficient (Wildman–Crippen LogP) is 2.18. The fraction of sp³-hybridized carbons (Fsp3) is 0.400. The highest BCUT2D eigenvalue weighted by atomic mass is 32.2. The summed E-state index contributed by atoms with van der Waals surface area (Å²) in [7, 11) is 1.61. The minimum absolute atomic E-state index is 0.0163. The van der Waals surface area contributed by atoms with Gasteiger partial charge in [-0.1, -0.05) is 30.0 Å². The molecule has 1 heterocycles. The highest BCUT2D eigenvalue weighted by molar-refractivity contribution is 8.00. The average Bonchev–Trinajstić information content (AvgIpc) is 2.47. The van der Waals surface area contributed by atoms with Crippen molar-refractivity contribution < 1.29 is 9.53 Å². The number of fused-ring (bicyclic) bond motifs is 1. The van der Waals surface area contributed by atoms with Crippen molar-refractivity contribution in [3.63, 3.8) is 0 Å². The first-order valence-electron chi connectivity index (χ1n) is 6.78. The number of benzene rings is 1. The van der Waals surface area contributed by atoms with Gasteiger partial charge in [-0.15, -0.1) is 0 Å². The van der Waals surface area contributed by atoms with Gasteiger partial charge in [0.05, 0.1) is 17.4 Å². The number of hydrogen-bond acceptors (Lipinski definition) is 5. The van der Waals surface area contributed by atoms with E-state index in [1.54, 1.807) is 7.11 Å². The van der Waals surface area contributed by atoms with Gasteiger partial charge >= 0.3 is 0 Å². The fourth-order valence-corrected chi connectivity index (χ4v) is 2.90. The lowest BCUT2D eigenvalue weighted by molar-refractivity contribution is -0.120. The van der Waals surface area contributed by atoms with Crippen molar-refractivity contribution in [2.24, 2.45) is 0 Å². The van der Waals surface area contributed by atoms with E-state index in [4.69, 9.17) is 4.74 Å². The number of carbonyl (C=O) groups is 1. The van der Waals surface area contributed by atoms with E-state index in [1.165, 1.54) is 11.8 Å². The first kappa shape index (κ1) is 15.7. The minimum Gasteiger partial charge on any atom is -0.383 e. The van der Waals surface area contributed by atoms with Gasteiger partial charge in [0, 0.05) is 19.0 Å². The topological polar surface area (TPSA) is 64.1 Å². The number of rotatable bonds is 6. The highest BCUT2D eigenvalue weighted by Crippen LogP contribution is 2.28. The van der Waals surface area contributed by atoms with E-state index in [-0.39, 0.29) is 11.2 Å². The lowest BCUT2D eigenvalue weighted by Gasteiger charge is -2.13. The fourth-order valence-electron chi connectivity index (χ4n) is 1.89. The van der Waals surface area contributed by atoms with Crippen LogP contribution >= 0.6 is 11.8 Å². The Labute approximate surface area is 128 Å². The number of thioether (sulfide) groups is 1. The molecule has 1 aromatic carbocycles. The summed E-state index contributed by atoms with van der Waals surface area (Å²) >= 11 is 1.45. The summed E-state index contributed by atoms with van der Waals surface area (Å²) in [5.74, 6) is 0.695. The van der Waals surface area contributed by atoms with Crippen LogP contribution in [0.25, 0.3) is 10.9 Å². The normalized spacial score (nSPS) is 12.3. The number of aryl methyl sites for hydroxylation is 1. The highest BCUT2D eigenvalue weighted by Gasteiger charge is 2.16. The van der Waals surface area contributed by atoms with E-state index in [1.807, 2.05) is 38.1 Å². The van der Waals surface area contributed by atoms with Crippen LogP contribution in [0.5, 0.6) is 0 Å². The van der Waals surface area contributed by atoms with Crippen molar-refractivity contribution in [1.29, 1.82) is 0 Å². The molecular formula is C15H19N3O2S. The van der Waals surface area contributed by atoms with E-state index < -0.39 is 0 Å². The zero-order chi connectivity index (χ0) is 15.2. The molecule has 112 valence electrons. The predicted molar refractivity (Wildman–Crippen MR) is 84.5 cm³/mol. The minimum atomic E-state index is -0.223. The van der Waals surface area contributed by atoms with Crippen LogP contribution in [0.15, 0.2) is 29.3 Å². The van der Waals surface area contributed by atoms with Crippen LogP contribution in [-0.2, 0) is 9.53 Å². The summed E-state index contributed by atoms with van der Waals surface area (Å²) < 4.78 is 4.92. The second-order valence-electron chi connectivity index (χ2n) is 4.64. The molecular weight excluding hydrogens is 286 g/mol. The second-order valence-corrected chi connectivity index (χ2v) is 5.97. The monoisotopic (exact) mass is 305 g/mol. The van der Waals surface area contributed by atoms with Crippen LogP contribution < -0.4 is 5.32 Å². The molecule has 0 aliphatic carbocycles. The Morgan fingerprint density at radius 2 is 2.14 bits per heavy atom. The second kappa shape index (κ2) is 7.38. The molecule has 0 radical (unpaired) electrons. The van der Waals surface area contributed by atoms with E-state index in [9.17, 15) is 4.79 Å². The Morgan fingerprint density at radius 3 is 2.90 bits per heavy atom. The molecule has 0 spiro atoms. The van der Waals surface area contributed by atoms with Crippen molar-refractivity contribution >= 4 is 28.6 Å². The van der Waals surface area contributed by atoms with Crippen molar-refractivity contribution in [1.82, 2.24) is 15.3 Å². The zero-order valence-electron chi connectivity index (χ0n) is 12.4. The standard InChI is InChI=1S/C15H19N3O2S/c1-10(14(19)16-8-9-20-3)21-15-12-6-4-5-7-13(12)17-11(2)18-15/h4-7,10H,8-9H2,1-3H3,(H,16,19)/t10-/m1/s1. The van der Waals surface area contributed by atoms with Gasteiger partial charge in [-0.3, -0.25) is 4.79 Å². The van der Waals surface area contributed by atoms with Crippen molar-refractivity contribution in [2.75, 3.05) is 20.3 Å². The first-order valence-corrected chi connectivity index (χ1v) is 7.66. The van der Waals surface area contributed by atoms with Crippen molar-refractivity contribution in [3.8, 4) is 0 Å². The van der Waals surface area contributed by atoms with E-state index in [0.29, 0.717) is 19.0 Å². The van der Waals surface area contributed by atoms with Gasteiger partial charge in [-0.2, -0.15) is 0 Å². The first-order chi connectivity index (χ1) is 10.1. The van der Waals surface area contributed by atoms with E-state index in [2.05, 4.69) is 15.3 Å². The van der Waals surface area contributed by atoms with Gasteiger partial charge in [0.15, 0.2) is 0 Å². The SMILES string of the molecule is COCCNC(=O)[C@@H](C)Sc1nc(C)nc2ccccc12. The lowest BCUT2D eigenvalue weighted by atomic mass is 10.2. The third-order valence-electron chi connectivity index (χ3n) is 2.94. The summed E-state index contributed by atoms with van der Waals surface area (Å²) in [6.07, 6.45) is 0. The molecule has 1 aromatic heterocycles. The molecule has 0 bridgehead atoms. The molecule has 0 aliphatic rings. The number of methoxy groups -OCH3 is 1. The molecule has 2 rings (SSSR count). The largest absolute Gasteiger partial charge is 0.383 e.